The van der Waals surface area contributed by atoms with Crippen molar-refractivity contribution >= 4 is 11.6 Å². The molecule has 2 aliphatic rings. The lowest BCUT2D eigenvalue weighted by molar-refractivity contribution is -0.120. The lowest BCUT2D eigenvalue weighted by Gasteiger charge is -2.24. The van der Waals surface area contributed by atoms with Crippen molar-refractivity contribution in [1.29, 1.82) is 0 Å². The van der Waals surface area contributed by atoms with Gasteiger partial charge in [-0.25, -0.2) is 0 Å². The molecule has 0 aromatic heterocycles. The number of fused-ring (bicyclic) bond motifs is 3. The second-order valence-corrected chi connectivity index (χ2v) is 6.15. The molecule has 0 unspecified atom stereocenters. The molecule has 0 aliphatic carbocycles. The maximum absolute atomic E-state index is 12.4. The molecule has 20 heavy (non-hydrogen) atoms. The van der Waals surface area contributed by atoms with Gasteiger partial charge in [0.2, 0.25) is 5.91 Å². The van der Waals surface area contributed by atoms with E-state index in [1.807, 2.05) is 24.3 Å². The van der Waals surface area contributed by atoms with Gasteiger partial charge in [0.25, 0.3) is 0 Å². The fourth-order valence-corrected chi connectivity index (χ4v) is 2.96. The summed E-state index contributed by atoms with van der Waals surface area (Å²) < 4.78 is 6.06. The van der Waals surface area contributed by atoms with Gasteiger partial charge in [-0.2, -0.15) is 0 Å². The predicted molar refractivity (Wildman–Crippen MR) is 78.9 cm³/mol. The normalized spacial score (nSPS) is 25.6. The number of carbonyl (C=O) groups excluding carboxylic acids is 1. The number of likely N-dealkylation sites (tertiary alicyclic amines) is 1. The fourth-order valence-electron chi connectivity index (χ4n) is 2.96. The van der Waals surface area contributed by atoms with Crippen LogP contribution in [0.4, 0.5) is 5.69 Å². The molecule has 108 valence electrons. The van der Waals surface area contributed by atoms with Crippen molar-refractivity contribution < 1.29 is 9.53 Å². The molecule has 0 saturated carbocycles. The van der Waals surface area contributed by atoms with Gasteiger partial charge < -0.3 is 10.1 Å². The molecule has 1 aromatic rings. The molecule has 0 radical (unpaired) electrons. The Morgan fingerprint density at radius 3 is 3.00 bits per heavy atom. The van der Waals surface area contributed by atoms with Crippen molar-refractivity contribution in [3.8, 4) is 5.75 Å². The van der Waals surface area contributed by atoms with Crippen molar-refractivity contribution in [2.24, 2.45) is 5.92 Å². The minimum absolute atomic E-state index is 0.0490. The zero-order valence-corrected chi connectivity index (χ0v) is 12.1. The van der Waals surface area contributed by atoms with E-state index < -0.39 is 0 Å². The number of anilines is 1. The van der Waals surface area contributed by atoms with Crippen LogP contribution in [-0.4, -0.2) is 36.0 Å². The highest BCUT2D eigenvalue weighted by molar-refractivity contribution is 5.96. The predicted octanol–water partition coefficient (Wildman–Crippen LogP) is 2.51. The van der Waals surface area contributed by atoms with Crippen molar-refractivity contribution in [3.63, 3.8) is 0 Å². The van der Waals surface area contributed by atoms with Crippen molar-refractivity contribution in [3.05, 3.63) is 24.3 Å². The molecule has 2 aliphatic heterocycles. The van der Waals surface area contributed by atoms with Crippen LogP contribution in [0.25, 0.3) is 0 Å². The van der Waals surface area contributed by atoms with Gasteiger partial charge in [-0.15, -0.1) is 0 Å². The van der Waals surface area contributed by atoms with Crippen LogP contribution in [-0.2, 0) is 4.79 Å². The Balaban J connectivity index is 1.78. The first kappa shape index (κ1) is 13.4. The van der Waals surface area contributed by atoms with Crippen molar-refractivity contribution in [2.45, 2.75) is 38.8 Å². The highest BCUT2D eigenvalue weighted by atomic mass is 16.5. The lowest BCUT2D eigenvalue weighted by atomic mass is 10.1. The van der Waals surface area contributed by atoms with E-state index in [4.69, 9.17) is 4.74 Å². The van der Waals surface area contributed by atoms with Gasteiger partial charge >= 0.3 is 0 Å². The highest BCUT2D eigenvalue weighted by Gasteiger charge is 2.39. The molecule has 1 N–H and O–H groups in total. The molecule has 2 atom stereocenters. The van der Waals surface area contributed by atoms with E-state index in [2.05, 4.69) is 24.1 Å². The molecule has 2 heterocycles. The average Bonchev–Trinajstić information content (AvgIpc) is 2.81. The van der Waals surface area contributed by atoms with Crippen LogP contribution in [0.3, 0.4) is 0 Å². The lowest BCUT2D eigenvalue weighted by Crippen LogP contribution is -2.40. The molecule has 1 saturated heterocycles. The molecule has 1 amide bonds. The Kier molecular flexibility index (Phi) is 3.66. The smallest absolute Gasteiger partial charge is 0.241 e. The maximum Gasteiger partial charge on any atom is 0.241 e. The molecule has 4 heteroatoms. The number of hydrogen-bond acceptors (Lipinski definition) is 3. The van der Waals surface area contributed by atoms with Crippen LogP contribution in [0.5, 0.6) is 5.75 Å². The van der Waals surface area contributed by atoms with Crippen molar-refractivity contribution in [1.82, 2.24) is 4.90 Å². The van der Waals surface area contributed by atoms with Crippen LogP contribution >= 0.6 is 0 Å². The van der Waals surface area contributed by atoms with E-state index in [1.165, 1.54) is 0 Å². The summed E-state index contributed by atoms with van der Waals surface area (Å²) in [6.07, 6.45) is 2.03. The van der Waals surface area contributed by atoms with Gasteiger partial charge in [-0.05, 0) is 31.0 Å². The number of ether oxygens (including phenoxy) is 1. The zero-order valence-electron chi connectivity index (χ0n) is 12.1. The van der Waals surface area contributed by atoms with E-state index >= 15 is 0 Å². The minimum atomic E-state index is -0.0490. The fraction of sp³-hybridized carbons (Fsp3) is 0.562. The van der Waals surface area contributed by atoms with Crippen LogP contribution in [0, 0.1) is 5.92 Å². The van der Waals surface area contributed by atoms with Gasteiger partial charge in [-0.3, -0.25) is 9.69 Å². The molecule has 0 spiro atoms. The molecule has 4 nitrogen and oxygen atoms in total. The minimum Gasteiger partial charge on any atom is -0.487 e. The second-order valence-electron chi connectivity index (χ2n) is 6.15. The SMILES string of the molecule is CC(C)CCN1C[C@@H]2C[C@H]1C(=O)Nc1ccccc1O2. The summed E-state index contributed by atoms with van der Waals surface area (Å²) in [7, 11) is 0. The summed E-state index contributed by atoms with van der Waals surface area (Å²) >= 11 is 0. The van der Waals surface area contributed by atoms with Crippen LogP contribution in [0.15, 0.2) is 24.3 Å². The monoisotopic (exact) mass is 274 g/mol. The quantitative estimate of drug-likeness (QED) is 0.921. The topological polar surface area (TPSA) is 41.6 Å². The summed E-state index contributed by atoms with van der Waals surface area (Å²) in [6.45, 7) is 6.24. The standard InChI is InChI=1S/C16H22N2O2/c1-11(2)7-8-18-10-12-9-14(18)16(19)17-13-5-3-4-6-15(13)20-12/h3-6,11-12,14H,7-10H2,1-2H3,(H,17,19)/t12-,14-/m0/s1. The molecule has 1 fully saturated rings. The van der Waals surface area contributed by atoms with E-state index in [1.54, 1.807) is 0 Å². The van der Waals surface area contributed by atoms with Gasteiger partial charge in [0.15, 0.2) is 0 Å². The number of rotatable bonds is 3. The third kappa shape index (κ3) is 2.66. The Labute approximate surface area is 120 Å². The first-order valence-electron chi connectivity index (χ1n) is 7.44. The summed E-state index contributed by atoms with van der Waals surface area (Å²) in [6, 6.07) is 7.63. The molecule has 1 aromatic carbocycles. The Hall–Kier alpha value is -1.55. The third-order valence-electron chi connectivity index (χ3n) is 4.10. The number of nitrogens with one attached hydrogen (secondary N) is 1. The molecular weight excluding hydrogens is 252 g/mol. The maximum atomic E-state index is 12.4. The molecule has 3 rings (SSSR count). The molecule has 2 bridgehead atoms. The van der Waals surface area contributed by atoms with E-state index in [-0.39, 0.29) is 18.1 Å². The average molecular weight is 274 g/mol. The molecular formula is C16H22N2O2. The number of amides is 1. The summed E-state index contributed by atoms with van der Waals surface area (Å²) in [4.78, 5) is 14.7. The number of hydrogen-bond donors (Lipinski definition) is 1. The van der Waals surface area contributed by atoms with Crippen molar-refractivity contribution in [2.75, 3.05) is 18.4 Å². The zero-order chi connectivity index (χ0) is 14.1. The summed E-state index contributed by atoms with van der Waals surface area (Å²) in [5, 5.41) is 3.00. The van der Waals surface area contributed by atoms with Gasteiger partial charge in [0.05, 0.1) is 11.7 Å². The van der Waals surface area contributed by atoms with Gasteiger partial charge in [0, 0.05) is 13.0 Å². The van der Waals surface area contributed by atoms with Crippen LogP contribution in [0.2, 0.25) is 0 Å². The Bertz CT molecular complexity index is 501. The second kappa shape index (κ2) is 5.44. The summed E-state index contributed by atoms with van der Waals surface area (Å²) in [5.74, 6) is 1.54. The van der Waals surface area contributed by atoms with E-state index in [0.29, 0.717) is 5.92 Å². The van der Waals surface area contributed by atoms with Crippen LogP contribution < -0.4 is 10.1 Å². The Morgan fingerprint density at radius 2 is 2.20 bits per heavy atom. The third-order valence-corrected chi connectivity index (χ3v) is 4.10. The number of benzene rings is 1. The number of carbonyl (C=O) groups is 1. The largest absolute Gasteiger partial charge is 0.487 e. The summed E-state index contributed by atoms with van der Waals surface area (Å²) in [5.41, 5.74) is 0.790. The van der Waals surface area contributed by atoms with Gasteiger partial charge in [0.1, 0.15) is 11.9 Å². The first-order chi connectivity index (χ1) is 9.63. The number of nitrogens with zero attached hydrogens (tertiary/aromatic N) is 1. The highest BCUT2D eigenvalue weighted by Crippen LogP contribution is 2.32. The van der Waals surface area contributed by atoms with Gasteiger partial charge in [-0.1, -0.05) is 26.0 Å². The van der Waals surface area contributed by atoms with Crippen LogP contribution in [0.1, 0.15) is 26.7 Å². The van der Waals surface area contributed by atoms with E-state index in [9.17, 15) is 4.79 Å². The Morgan fingerprint density at radius 1 is 1.40 bits per heavy atom. The van der Waals surface area contributed by atoms with E-state index in [0.717, 1.165) is 37.4 Å². The number of para-hydroxylation sites is 2. The first-order valence-corrected chi connectivity index (χ1v) is 7.44.